The Morgan fingerprint density at radius 1 is 1.13 bits per heavy atom. The highest BCUT2D eigenvalue weighted by Gasteiger charge is 2.54. The third-order valence-corrected chi connectivity index (χ3v) is 6.93. The van der Waals surface area contributed by atoms with Crippen molar-refractivity contribution in [3.8, 4) is 11.5 Å². The molecule has 1 aromatic rings. The third kappa shape index (κ3) is 5.77. The van der Waals surface area contributed by atoms with Crippen molar-refractivity contribution in [2.24, 2.45) is 11.8 Å². The van der Waals surface area contributed by atoms with E-state index < -0.39 is 78.7 Å². The number of ether oxygens (including phenoxy) is 4. The second kappa shape index (κ2) is 10.9. The second-order valence-electron chi connectivity index (χ2n) is 9.88. The summed E-state index contributed by atoms with van der Waals surface area (Å²) < 4.78 is 22.3. The number of aromatic hydroxyl groups is 2. The number of benzene rings is 1. The first kappa shape index (κ1) is 27.8. The Hall–Kier alpha value is -3.20. The zero-order chi connectivity index (χ0) is 27.8. The number of carboxylic acid groups (broad SMARTS) is 1. The summed E-state index contributed by atoms with van der Waals surface area (Å²) in [5, 5.41) is 69.7. The lowest BCUT2D eigenvalue weighted by Crippen LogP contribution is -2.61. The molecule has 208 valence electrons. The zero-order valence-corrected chi connectivity index (χ0v) is 20.3. The van der Waals surface area contributed by atoms with Crippen molar-refractivity contribution in [1.82, 2.24) is 0 Å². The molecule has 13 heteroatoms. The minimum absolute atomic E-state index is 0.0331. The van der Waals surface area contributed by atoms with Crippen molar-refractivity contribution >= 4 is 18.0 Å². The van der Waals surface area contributed by atoms with Crippen LogP contribution in [0.4, 0.5) is 0 Å². The Kier molecular flexibility index (Phi) is 7.97. The molecule has 1 saturated carbocycles. The van der Waals surface area contributed by atoms with Crippen LogP contribution >= 0.6 is 0 Å². The van der Waals surface area contributed by atoms with E-state index in [0.29, 0.717) is 5.56 Å². The molecule has 1 aliphatic carbocycles. The Morgan fingerprint density at radius 2 is 1.87 bits per heavy atom. The predicted octanol–water partition coefficient (Wildman–Crippen LogP) is -0.420. The molecule has 4 rings (SSSR count). The molecule has 1 aromatic carbocycles. The summed E-state index contributed by atoms with van der Waals surface area (Å²) in [5.74, 6) is -4.17. The first-order valence-corrected chi connectivity index (χ1v) is 11.9. The van der Waals surface area contributed by atoms with Gasteiger partial charge in [0.05, 0.1) is 24.0 Å². The van der Waals surface area contributed by atoms with E-state index in [-0.39, 0.29) is 24.2 Å². The number of carbonyl (C=O) groups is 2. The van der Waals surface area contributed by atoms with E-state index in [1.807, 2.05) is 0 Å². The van der Waals surface area contributed by atoms with E-state index in [1.165, 1.54) is 24.3 Å². The maximum absolute atomic E-state index is 12.5. The highest BCUT2D eigenvalue weighted by atomic mass is 16.8. The number of esters is 1. The smallest absolute Gasteiger partial charge is 0.334 e. The Balaban J connectivity index is 1.53. The fraction of sp³-hybridized carbons (Fsp3) is 0.520. The normalized spacial score (nSPS) is 36.8. The minimum Gasteiger partial charge on any atom is -0.504 e. The minimum atomic E-state index is -1.74. The number of aliphatic hydroxyl groups is 4. The van der Waals surface area contributed by atoms with Crippen LogP contribution in [-0.4, -0.2) is 96.9 Å². The Labute approximate surface area is 216 Å². The predicted molar refractivity (Wildman–Crippen MR) is 125 cm³/mol. The summed E-state index contributed by atoms with van der Waals surface area (Å²) in [6.07, 6.45) is -5.44. The Morgan fingerprint density at radius 3 is 2.53 bits per heavy atom. The van der Waals surface area contributed by atoms with Gasteiger partial charge >= 0.3 is 11.9 Å². The lowest BCUT2D eigenvalue weighted by Gasteiger charge is -2.43. The van der Waals surface area contributed by atoms with Crippen molar-refractivity contribution < 1.29 is 64.3 Å². The number of carbonyl (C=O) groups excluding carboxylic acids is 1. The summed E-state index contributed by atoms with van der Waals surface area (Å²) in [4.78, 5) is 24.2. The lowest BCUT2D eigenvalue weighted by atomic mass is 9.87. The van der Waals surface area contributed by atoms with Crippen molar-refractivity contribution in [3.63, 3.8) is 0 Å². The molecule has 0 bridgehead atoms. The van der Waals surface area contributed by atoms with E-state index in [2.05, 4.69) is 0 Å². The SMILES string of the molecule is CC1(O)CC2C(C(=O)O)=COC(OC3OC(CO)C(O)C(O)C3OC(=O)C=Cc3ccc(O)c(O)c3)C2C1. The summed E-state index contributed by atoms with van der Waals surface area (Å²) in [5.41, 5.74) is -0.883. The van der Waals surface area contributed by atoms with Crippen LogP contribution in [0, 0.1) is 11.8 Å². The van der Waals surface area contributed by atoms with Crippen molar-refractivity contribution in [1.29, 1.82) is 0 Å². The van der Waals surface area contributed by atoms with Gasteiger partial charge in [0, 0.05) is 17.9 Å². The average molecular weight is 539 g/mol. The summed E-state index contributed by atoms with van der Waals surface area (Å²) in [7, 11) is 0. The number of aliphatic carboxylic acids is 1. The highest BCUT2D eigenvalue weighted by Crippen LogP contribution is 2.48. The van der Waals surface area contributed by atoms with Gasteiger partial charge in [0.1, 0.15) is 18.3 Å². The maximum Gasteiger partial charge on any atom is 0.334 e. The van der Waals surface area contributed by atoms with Crippen molar-refractivity contribution in [2.45, 2.75) is 62.4 Å². The van der Waals surface area contributed by atoms with E-state index >= 15 is 0 Å². The van der Waals surface area contributed by atoms with Crippen LogP contribution in [-0.2, 0) is 28.5 Å². The zero-order valence-electron chi connectivity index (χ0n) is 20.3. The fourth-order valence-corrected chi connectivity index (χ4v) is 5.06. The first-order valence-electron chi connectivity index (χ1n) is 11.9. The second-order valence-corrected chi connectivity index (χ2v) is 9.88. The van der Waals surface area contributed by atoms with Crippen LogP contribution in [0.15, 0.2) is 36.1 Å². The van der Waals surface area contributed by atoms with Crippen LogP contribution in [0.2, 0.25) is 0 Å². The van der Waals surface area contributed by atoms with Crippen LogP contribution < -0.4 is 0 Å². The van der Waals surface area contributed by atoms with Crippen LogP contribution in [0.3, 0.4) is 0 Å². The molecule has 9 atom stereocenters. The lowest BCUT2D eigenvalue weighted by molar-refractivity contribution is -0.342. The fourth-order valence-electron chi connectivity index (χ4n) is 5.06. The van der Waals surface area contributed by atoms with Gasteiger partial charge < -0.3 is 54.7 Å². The van der Waals surface area contributed by atoms with Gasteiger partial charge in [-0.2, -0.15) is 0 Å². The molecule has 2 heterocycles. The van der Waals surface area contributed by atoms with Gasteiger partial charge in [0.2, 0.25) is 12.6 Å². The first-order chi connectivity index (χ1) is 17.9. The van der Waals surface area contributed by atoms with Crippen LogP contribution in [0.1, 0.15) is 25.3 Å². The van der Waals surface area contributed by atoms with Crippen molar-refractivity contribution in [3.05, 3.63) is 41.7 Å². The molecule has 1 saturated heterocycles. The van der Waals surface area contributed by atoms with Gasteiger partial charge in [-0.05, 0) is 43.5 Å². The molecule has 9 unspecified atom stereocenters. The van der Waals surface area contributed by atoms with Crippen molar-refractivity contribution in [2.75, 3.05) is 6.61 Å². The number of rotatable bonds is 7. The van der Waals surface area contributed by atoms with E-state index in [1.54, 1.807) is 6.92 Å². The average Bonchev–Trinajstić information content (AvgIpc) is 3.19. The number of hydrogen-bond donors (Lipinski definition) is 7. The van der Waals surface area contributed by atoms with Gasteiger partial charge in [-0.15, -0.1) is 0 Å². The largest absolute Gasteiger partial charge is 0.504 e. The quantitative estimate of drug-likeness (QED) is 0.134. The molecular formula is C25H30O13. The molecule has 0 spiro atoms. The molecule has 2 fully saturated rings. The van der Waals surface area contributed by atoms with Gasteiger partial charge in [-0.1, -0.05) is 6.07 Å². The maximum atomic E-state index is 12.5. The molecule has 13 nitrogen and oxygen atoms in total. The number of fused-ring (bicyclic) bond motifs is 1. The van der Waals surface area contributed by atoms with Crippen LogP contribution in [0.5, 0.6) is 11.5 Å². The molecule has 3 aliphatic rings. The van der Waals surface area contributed by atoms with E-state index in [9.17, 15) is 45.3 Å². The third-order valence-electron chi connectivity index (χ3n) is 6.93. The summed E-state index contributed by atoms with van der Waals surface area (Å²) in [6.45, 7) is 0.865. The number of phenolic OH excluding ortho intramolecular Hbond substituents is 2. The molecule has 0 radical (unpaired) electrons. The molecular weight excluding hydrogens is 508 g/mol. The number of carboxylic acids is 1. The van der Waals surface area contributed by atoms with E-state index in [0.717, 1.165) is 12.3 Å². The van der Waals surface area contributed by atoms with Gasteiger partial charge in [-0.25, -0.2) is 9.59 Å². The van der Waals surface area contributed by atoms with Gasteiger partial charge in [0.15, 0.2) is 17.6 Å². The topological polar surface area (TPSA) is 213 Å². The van der Waals surface area contributed by atoms with Gasteiger partial charge in [-0.3, -0.25) is 0 Å². The van der Waals surface area contributed by atoms with Crippen LogP contribution in [0.25, 0.3) is 6.08 Å². The number of phenols is 2. The molecule has 2 aliphatic heterocycles. The molecule has 0 amide bonds. The molecule has 7 N–H and O–H groups in total. The van der Waals surface area contributed by atoms with E-state index in [4.69, 9.17) is 18.9 Å². The summed E-state index contributed by atoms with van der Waals surface area (Å²) >= 11 is 0. The Bertz CT molecular complexity index is 1110. The highest BCUT2D eigenvalue weighted by molar-refractivity contribution is 5.87. The molecule has 38 heavy (non-hydrogen) atoms. The number of aliphatic hydroxyl groups excluding tert-OH is 3. The monoisotopic (exact) mass is 538 g/mol. The molecule has 0 aromatic heterocycles. The summed E-state index contributed by atoms with van der Waals surface area (Å²) in [6, 6.07) is 3.84. The standard InChI is InChI=1S/C25H30O13/c1-25(34)7-12-13(8-25)23(35-10-14(12)22(32)33)38-24-21(20(31)19(30)17(9-26)36-24)37-18(29)5-3-11-2-4-15(27)16(28)6-11/h2-6,10,12-13,17,19-21,23-24,26-28,30-31,34H,7-9H2,1H3,(H,32,33). The number of hydrogen-bond acceptors (Lipinski definition) is 12. The van der Waals surface area contributed by atoms with Gasteiger partial charge in [0.25, 0.3) is 0 Å².